The smallest absolute Gasteiger partial charge is 0.242 e. The summed E-state index contributed by atoms with van der Waals surface area (Å²) in [5.41, 5.74) is 0.962. The first kappa shape index (κ1) is 16.5. The average Bonchev–Trinajstić information content (AvgIpc) is 2.81. The van der Waals surface area contributed by atoms with Crippen LogP contribution >= 0.6 is 0 Å². The molecule has 6 heteroatoms. The zero-order valence-corrected chi connectivity index (χ0v) is 14.0. The number of aromatic nitrogens is 1. The lowest BCUT2D eigenvalue weighted by Gasteiger charge is -2.28. The van der Waals surface area contributed by atoms with E-state index in [1.165, 1.54) is 19.3 Å². The van der Waals surface area contributed by atoms with Gasteiger partial charge in [0.25, 0.3) is 0 Å². The Bertz CT molecular complexity index is 565. The quantitative estimate of drug-likeness (QED) is 0.842. The summed E-state index contributed by atoms with van der Waals surface area (Å²) in [5.74, 6) is 1.08. The number of nitrogens with zero attached hydrogens (tertiary/aromatic N) is 1. The Morgan fingerprint density at radius 2 is 2.05 bits per heavy atom. The Hall–Kier alpha value is -0.850. The third kappa shape index (κ3) is 4.08. The first-order valence-corrected chi connectivity index (χ1v) is 9.22. The van der Waals surface area contributed by atoms with Gasteiger partial charge in [-0.1, -0.05) is 26.2 Å². The Balaban J connectivity index is 2.02. The molecule has 2 atom stereocenters. The molecular weight excluding hydrogens is 286 g/mol. The average molecular weight is 313 g/mol. The van der Waals surface area contributed by atoms with E-state index in [0.29, 0.717) is 29.8 Å². The van der Waals surface area contributed by atoms with Crippen LogP contribution in [0.15, 0.2) is 17.2 Å². The van der Waals surface area contributed by atoms with Gasteiger partial charge < -0.3 is 9.88 Å². The molecule has 1 aromatic heterocycles. The van der Waals surface area contributed by atoms with E-state index in [9.17, 15) is 8.42 Å². The van der Waals surface area contributed by atoms with Crippen molar-refractivity contribution >= 4 is 10.0 Å². The molecule has 2 unspecified atom stereocenters. The summed E-state index contributed by atoms with van der Waals surface area (Å²) in [4.78, 5) is 0.360. The molecule has 1 saturated carbocycles. The van der Waals surface area contributed by atoms with Gasteiger partial charge >= 0.3 is 0 Å². The van der Waals surface area contributed by atoms with Crippen LogP contribution in [0.2, 0.25) is 0 Å². The van der Waals surface area contributed by atoms with E-state index in [1.807, 2.05) is 18.7 Å². The van der Waals surface area contributed by atoms with Gasteiger partial charge in [-0.2, -0.15) is 0 Å². The van der Waals surface area contributed by atoms with E-state index >= 15 is 0 Å². The number of nitrogens with one attached hydrogen (secondary N) is 2. The fourth-order valence-corrected chi connectivity index (χ4v) is 4.27. The molecule has 5 nitrogen and oxygen atoms in total. The largest absolute Gasteiger partial charge is 0.352 e. The molecule has 2 rings (SSSR count). The van der Waals surface area contributed by atoms with Gasteiger partial charge in [-0.25, -0.2) is 13.1 Å². The molecule has 0 saturated heterocycles. The van der Waals surface area contributed by atoms with Gasteiger partial charge in [0, 0.05) is 32.0 Å². The molecule has 21 heavy (non-hydrogen) atoms. The number of sulfonamides is 1. The SMILES string of the molecule is CNCc1cc(S(=O)(=O)NCC2CCCCC2C)cn1C. The molecular formula is C15H27N3O2S. The van der Waals surface area contributed by atoms with Crippen molar-refractivity contribution in [1.29, 1.82) is 0 Å². The third-order valence-electron chi connectivity index (χ3n) is 4.58. The van der Waals surface area contributed by atoms with Crippen LogP contribution < -0.4 is 10.0 Å². The second-order valence-electron chi connectivity index (χ2n) is 6.18. The van der Waals surface area contributed by atoms with Crippen molar-refractivity contribution in [3.8, 4) is 0 Å². The van der Waals surface area contributed by atoms with Crippen molar-refractivity contribution in [1.82, 2.24) is 14.6 Å². The highest BCUT2D eigenvalue weighted by Crippen LogP contribution is 2.29. The summed E-state index contributed by atoms with van der Waals surface area (Å²) in [6.45, 7) is 3.44. The molecule has 0 aliphatic heterocycles. The van der Waals surface area contributed by atoms with Crippen molar-refractivity contribution in [3.05, 3.63) is 18.0 Å². The van der Waals surface area contributed by atoms with Crippen LogP contribution in [0.4, 0.5) is 0 Å². The molecule has 0 spiro atoms. The lowest BCUT2D eigenvalue weighted by molar-refractivity contribution is 0.257. The summed E-state index contributed by atoms with van der Waals surface area (Å²) in [6, 6.07) is 1.74. The topological polar surface area (TPSA) is 63.1 Å². The molecule has 0 bridgehead atoms. The van der Waals surface area contributed by atoms with Gasteiger partial charge in [-0.3, -0.25) is 0 Å². The van der Waals surface area contributed by atoms with Crippen molar-refractivity contribution in [3.63, 3.8) is 0 Å². The number of rotatable bonds is 6. The molecule has 0 aromatic carbocycles. The second-order valence-corrected chi connectivity index (χ2v) is 7.95. The minimum absolute atomic E-state index is 0.360. The van der Waals surface area contributed by atoms with E-state index in [0.717, 1.165) is 12.1 Å². The van der Waals surface area contributed by atoms with E-state index in [2.05, 4.69) is 17.0 Å². The van der Waals surface area contributed by atoms with Crippen molar-refractivity contribution in [2.24, 2.45) is 18.9 Å². The van der Waals surface area contributed by atoms with Gasteiger partial charge in [0.15, 0.2) is 0 Å². The van der Waals surface area contributed by atoms with Crippen molar-refractivity contribution in [2.75, 3.05) is 13.6 Å². The van der Waals surface area contributed by atoms with Crippen LogP contribution in [0.1, 0.15) is 38.3 Å². The molecule has 1 heterocycles. The van der Waals surface area contributed by atoms with Crippen LogP contribution in [0, 0.1) is 11.8 Å². The lowest BCUT2D eigenvalue weighted by atomic mass is 9.81. The summed E-state index contributed by atoms with van der Waals surface area (Å²) in [6.07, 6.45) is 6.51. The van der Waals surface area contributed by atoms with Gasteiger partial charge in [-0.15, -0.1) is 0 Å². The Morgan fingerprint density at radius 3 is 2.71 bits per heavy atom. The minimum Gasteiger partial charge on any atom is -0.352 e. The molecule has 1 aliphatic carbocycles. The molecule has 1 fully saturated rings. The fourth-order valence-electron chi connectivity index (χ4n) is 3.08. The van der Waals surface area contributed by atoms with E-state index in [-0.39, 0.29) is 0 Å². The number of hydrogen-bond acceptors (Lipinski definition) is 3. The summed E-state index contributed by atoms with van der Waals surface area (Å²) < 4.78 is 29.5. The fraction of sp³-hybridized carbons (Fsp3) is 0.733. The molecule has 0 amide bonds. The summed E-state index contributed by atoms with van der Waals surface area (Å²) in [5, 5.41) is 3.04. The Kier molecular flexibility index (Phi) is 5.46. The maximum atomic E-state index is 12.4. The molecule has 1 aliphatic rings. The van der Waals surface area contributed by atoms with Gasteiger partial charge in [0.1, 0.15) is 0 Å². The highest BCUT2D eigenvalue weighted by molar-refractivity contribution is 7.89. The Labute approximate surface area is 128 Å². The number of aryl methyl sites for hydroxylation is 1. The van der Waals surface area contributed by atoms with Gasteiger partial charge in [-0.05, 0) is 31.4 Å². The lowest BCUT2D eigenvalue weighted by Crippen LogP contribution is -2.33. The molecule has 120 valence electrons. The zero-order valence-electron chi connectivity index (χ0n) is 13.2. The van der Waals surface area contributed by atoms with E-state index < -0.39 is 10.0 Å². The summed E-state index contributed by atoms with van der Waals surface area (Å²) in [7, 11) is 0.319. The molecule has 2 N–H and O–H groups in total. The normalized spacial score (nSPS) is 23.4. The zero-order chi connectivity index (χ0) is 15.5. The predicted octanol–water partition coefficient (Wildman–Crippen LogP) is 1.85. The number of hydrogen-bond donors (Lipinski definition) is 2. The maximum absolute atomic E-state index is 12.4. The van der Waals surface area contributed by atoms with E-state index in [4.69, 9.17) is 0 Å². The van der Waals surface area contributed by atoms with Crippen molar-refractivity contribution < 1.29 is 8.42 Å². The summed E-state index contributed by atoms with van der Waals surface area (Å²) >= 11 is 0. The molecule has 1 aromatic rings. The predicted molar refractivity (Wildman–Crippen MR) is 84.5 cm³/mol. The monoisotopic (exact) mass is 313 g/mol. The van der Waals surface area contributed by atoms with E-state index in [1.54, 1.807) is 12.3 Å². The van der Waals surface area contributed by atoms with Crippen LogP contribution in [0.5, 0.6) is 0 Å². The van der Waals surface area contributed by atoms with Crippen LogP contribution in [0.3, 0.4) is 0 Å². The van der Waals surface area contributed by atoms with Gasteiger partial charge in [0.2, 0.25) is 10.0 Å². The van der Waals surface area contributed by atoms with Crippen LogP contribution in [-0.2, 0) is 23.6 Å². The maximum Gasteiger partial charge on any atom is 0.242 e. The van der Waals surface area contributed by atoms with Crippen molar-refractivity contribution in [2.45, 2.75) is 44.0 Å². The minimum atomic E-state index is -3.40. The second kappa shape index (κ2) is 6.94. The van der Waals surface area contributed by atoms with Crippen LogP contribution in [0.25, 0.3) is 0 Å². The highest BCUT2D eigenvalue weighted by atomic mass is 32.2. The standard InChI is InChI=1S/C15H27N3O2S/c1-12-6-4-5-7-13(12)9-17-21(19,20)15-8-14(10-16-2)18(3)11-15/h8,11-13,16-17H,4-7,9-10H2,1-3H3. The first-order chi connectivity index (χ1) is 9.94. The highest BCUT2D eigenvalue weighted by Gasteiger charge is 2.24. The third-order valence-corrected chi connectivity index (χ3v) is 5.97. The van der Waals surface area contributed by atoms with Gasteiger partial charge in [0.05, 0.1) is 4.90 Å². The Morgan fingerprint density at radius 1 is 1.33 bits per heavy atom. The van der Waals surface area contributed by atoms with Crippen LogP contribution in [-0.4, -0.2) is 26.6 Å². The first-order valence-electron chi connectivity index (χ1n) is 7.73. The molecule has 0 radical (unpaired) electrons.